The Hall–Kier alpha value is -3.07. The van der Waals surface area contributed by atoms with Crippen molar-refractivity contribution in [1.29, 1.82) is 0 Å². The normalized spacial score (nSPS) is 13.6. The van der Waals surface area contributed by atoms with Gasteiger partial charge in [0.05, 0.1) is 24.0 Å². The Kier molecular flexibility index (Phi) is 6.71. The van der Waals surface area contributed by atoms with Gasteiger partial charge in [0.15, 0.2) is 0 Å². The fourth-order valence-electron chi connectivity index (χ4n) is 2.99. The number of hydrogen-bond donors (Lipinski definition) is 1. The molecule has 0 unspecified atom stereocenters. The molecule has 0 atom stereocenters. The summed E-state index contributed by atoms with van der Waals surface area (Å²) in [5, 5.41) is 13.7. The van der Waals surface area contributed by atoms with Crippen molar-refractivity contribution in [3.8, 4) is 5.75 Å². The third kappa shape index (κ3) is 5.26. The summed E-state index contributed by atoms with van der Waals surface area (Å²) in [5.74, 6) is 1.77. The number of nitro groups is 1. The molecule has 152 valence electrons. The highest BCUT2D eigenvalue weighted by Gasteiger charge is 2.19. The first-order chi connectivity index (χ1) is 14.0. The van der Waals surface area contributed by atoms with Gasteiger partial charge in [0, 0.05) is 42.4 Å². The number of ether oxygens (including phenoxy) is 1. The van der Waals surface area contributed by atoms with Crippen molar-refractivity contribution >= 4 is 35.0 Å². The molecule has 2 aromatic rings. The predicted molar refractivity (Wildman–Crippen MR) is 112 cm³/mol. The monoisotopic (exact) mass is 415 g/mol. The summed E-state index contributed by atoms with van der Waals surface area (Å²) in [6.07, 6.45) is 0.317. The van der Waals surface area contributed by atoms with E-state index in [9.17, 15) is 19.7 Å². The number of nitro benzene ring substituents is 1. The lowest BCUT2D eigenvalue weighted by molar-refractivity contribution is -0.384. The van der Waals surface area contributed by atoms with Gasteiger partial charge in [-0.15, -0.1) is 0 Å². The maximum absolute atomic E-state index is 12.6. The zero-order valence-electron chi connectivity index (χ0n) is 15.9. The molecule has 1 aliphatic rings. The van der Waals surface area contributed by atoms with Crippen molar-refractivity contribution in [3.05, 3.63) is 63.7 Å². The number of carbonyl (C=O) groups excluding carboxylic acids is 2. The molecular formula is C20H21N3O5S. The zero-order valence-corrected chi connectivity index (χ0v) is 16.7. The van der Waals surface area contributed by atoms with Crippen molar-refractivity contribution in [1.82, 2.24) is 4.90 Å². The topological polar surface area (TPSA) is 102 Å². The fraction of sp³-hybridized carbons (Fsp3) is 0.300. The molecule has 9 heteroatoms. The molecular weight excluding hydrogens is 394 g/mol. The van der Waals surface area contributed by atoms with Gasteiger partial charge in [0.25, 0.3) is 11.6 Å². The van der Waals surface area contributed by atoms with Gasteiger partial charge < -0.3 is 15.0 Å². The van der Waals surface area contributed by atoms with Gasteiger partial charge in [0.2, 0.25) is 5.91 Å². The van der Waals surface area contributed by atoms with Crippen molar-refractivity contribution in [2.45, 2.75) is 6.42 Å². The summed E-state index contributed by atoms with van der Waals surface area (Å²) < 4.78 is 5.13. The number of amides is 2. The lowest BCUT2D eigenvalue weighted by Gasteiger charge is -2.26. The van der Waals surface area contributed by atoms with E-state index in [0.29, 0.717) is 12.1 Å². The van der Waals surface area contributed by atoms with Gasteiger partial charge in [-0.1, -0.05) is 12.1 Å². The van der Waals surface area contributed by atoms with Crippen molar-refractivity contribution in [3.63, 3.8) is 0 Å². The second-order valence-electron chi connectivity index (χ2n) is 6.46. The highest BCUT2D eigenvalue weighted by molar-refractivity contribution is 7.99. The molecule has 29 heavy (non-hydrogen) atoms. The smallest absolute Gasteiger partial charge is 0.270 e. The molecule has 1 aliphatic heterocycles. The first kappa shape index (κ1) is 20.7. The number of nitrogens with zero attached hydrogens (tertiary/aromatic N) is 2. The lowest BCUT2D eigenvalue weighted by Crippen LogP contribution is -2.38. The minimum atomic E-state index is -0.566. The van der Waals surface area contributed by atoms with E-state index in [1.54, 1.807) is 24.3 Å². The predicted octanol–water partition coefficient (Wildman–Crippen LogP) is 2.97. The minimum Gasteiger partial charge on any atom is -0.496 e. The van der Waals surface area contributed by atoms with Crippen LogP contribution in [0.15, 0.2) is 42.5 Å². The fourth-order valence-corrected chi connectivity index (χ4v) is 3.89. The molecule has 8 nitrogen and oxygen atoms in total. The summed E-state index contributed by atoms with van der Waals surface area (Å²) in [7, 11) is 1.39. The maximum atomic E-state index is 12.6. The molecule has 0 spiro atoms. The number of carbonyl (C=O) groups is 2. The van der Waals surface area contributed by atoms with Gasteiger partial charge in [-0.2, -0.15) is 11.8 Å². The zero-order chi connectivity index (χ0) is 20.8. The Morgan fingerprint density at radius 2 is 1.86 bits per heavy atom. The number of thioether (sulfide) groups is 1. The lowest BCUT2D eigenvalue weighted by atomic mass is 10.1. The number of benzene rings is 2. The van der Waals surface area contributed by atoms with E-state index in [4.69, 9.17) is 4.74 Å². The second kappa shape index (κ2) is 9.42. The minimum absolute atomic E-state index is 0.0731. The van der Waals surface area contributed by atoms with Crippen molar-refractivity contribution < 1.29 is 19.2 Å². The van der Waals surface area contributed by atoms with E-state index in [1.165, 1.54) is 25.3 Å². The Labute approximate surface area is 172 Å². The summed E-state index contributed by atoms with van der Waals surface area (Å²) in [4.78, 5) is 37.2. The van der Waals surface area contributed by atoms with E-state index in [1.807, 2.05) is 16.7 Å². The Balaban J connectivity index is 1.66. The van der Waals surface area contributed by atoms with E-state index in [2.05, 4.69) is 5.32 Å². The van der Waals surface area contributed by atoms with Crippen molar-refractivity contribution in [2.75, 3.05) is 37.0 Å². The Bertz CT molecular complexity index is 911. The van der Waals surface area contributed by atoms with Crippen LogP contribution in [0.2, 0.25) is 0 Å². The average molecular weight is 415 g/mol. The highest BCUT2D eigenvalue weighted by Crippen LogP contribution is 2.25. The van der Waals surface area contributed by atoms with Gasteiger partial charge in [-0.3, -0.25) is 19.7 Å². The molecule has 0 aliphatic carbocycles. The summed E-state index contributed by atoms with van der Waals surface area (Å²) in [6, 6.07) is 10.8. The van der Waals surface area contributed by atoms with E-state index in [0.717, 1.165) is 30.2 Å². The Morgan fingerprint density at radius 1 is 1.17 bits per heavy atom. The Morgan fingerprint density at radius 3 is 2.48 bits per heavy atom. The first-order valence-corrected chi connectivity index (χ1v) is 10.2. The van der Waals surface area contributed by atoms with Gasteiger partial charge in [0.1, 0.15) is 5.75 Å². The van der Waals surface area contributed by atoms with Crippen LogP contribution in [0.5, 0.6) is 5.75 Å². The number of rotatable bonds is 6. The van der Waals surface area contributed by atoms with Gasteiger partial charge >= 0.3 is 0 Å². The molecule has 2 amide bonds. The van der Waals surface area contributed by atoms with Crippen LogP contribution in [0.4, 0.5) is 11.4 Å². The first-order valence-electron chi connectivity index (χ1n) is 9.06. The third-order valence-electron chi connectivity index (χ3n) is 4.57. The molecule has 1 heterocycles. The molecule has 0 saturated carbocycles. The van der Waals surface area contributed by atoms with E-state index in [-0.39, 0.29) is 22.9 Å². The number of methoxy groups -OCH3 is 1. The molecule has 1 saturated heterocycles. The summed E-state index contributed by atoms with van der Waals surface area (Å²) in [6.45, 7) is 1.56. The number of nitrogens with one attached hydrogen (secondary N) is 1. The molecule has 0 radical (unpaired) electrons. The molecule has 2 aromatic carbocycles. The second-order valence-corrected chi connectivity index (χ2v) is 7.69. The van der Waals surface area contributed by atoms with Crippen LogP contribution in [-0.4, -0.2) is 53.3 Å². The van der Waals surface area contributed by atoms with Crippen LogP contribution in [0.3, 0.4) is 0 Å². The van der Waals surface area contributed by atoms with Gasteiger partial charge in [-0.25, -0.2) is 0 Å². The standard InChI is InChI=1S/C20H21N3O5S/c1-28-18-7-6-16(23(26)27)13-17(18)20(25)21-15-4-2-14(3-5-15)12-19(24)22-8-10-29-11-9-22/h2-7,13H,8-12H2,1H3,(H,21,25). The molecule has 1 fully saturated rings. The molecule has 0 aromatic heterocycles. The van der Waals surface area contributed by atoms with Gasteiger partial charge in [-0.05, 0) is 23.8 Å². The third-order valence-corrected chi connectivity index (χ3v) is 5.51. The molecule has 3 rings (SSSR count). The SMILES string of the molecule is COc1ccc([N+](=O)[O-])cc1C(=O)Nc1ccc(CC(=O)N2CCSCC2)cc1. The van der Waals surface area contributed by atoms with Crippen LogP contribution in [0.25, 0.3) is 0 Å². The number of anilines is 1. The van der Waals surface area contributed by atoms with E-state index >= 15 is 0 Å². The maximum Gasteiger partial charge on any atom is 0.270 e. The van der Waals surface area contributed by atoms with Crippen LogP contribution < -0.4 is 10.1 Å². The van der Waals surface area contributed by atoms with Crippen LogP contribution in [0, 0.1) is 10.1 Å². The number of hydrogen-bond acceptors (Lipinski definition) is 6. The quantitative estimate of drug-likeness (QED) is 0.575. The van der Waals surface area contributed by atoms with Crippen LogP contribution in [-0.2, 0) is 11.2 Å². The molecule has 1 N–H and O–H groups in total. The highest BCUT2D eigenvalue weighted by atomic mass is 32.2. The summed E-state index contributed by atoms with van der Waals surface area (Å²) >= 11 is 1.85. The average Bonchev–Trinajstić information content (AvgIpc) is 2.75. The summed E-state index contributed by atoms with van der Waals surface area (Å²) in [5.41, 5.74) is 1.26. The largest absolute Gasteiger partial charge is 0.496 e. The number of non-ortho nitro benzene ring substituents is 1. The van der Waals surface area contributed by atoms with Crippen molar-refractivity contribution in [2.24, 2.45) is 0 Å². The van der Waals surface area contributed by atoms with Crippen LogP contribution in [0.1, 0.15) is 15.9 Å². The van der Waals surface area contributed by atoms with E-state index < -0.39 is 10.8 Å². The van der Waals surface area contributed by atoms with Crippen LogP contribution >= 0.6 is 11.8 Å². The molecule has 0 bridgehead atoms.